The predicted molar refractivity (Wildman–Crippen MR) is 94.1 cm³/mol. The van der Waals surface area contributed by atoms with Crippen LogP contribution in [0.5, 0.6) is 0 Å². The summed E-state index contributed by atoms with van der Waals surface area (Å²) < 4.78 is 10.9. The lowest BCUT2D eigenvalue weighted by atomic mass is 10.1. The number of halogens is 1. The van der Waals surface area contributed by atoms with Gasteiger partial charge in [-0.25, -0.2) is 0 Å². The quantitative estimate of drug-likeness (QED) is 0.294. The van der Waals surface area contributed by atoms with Crippen LogP contribution in [0.25, 0.3) is 0 Å². The van der Waals surface area contributed by atoms with Crippen LogP contribution >= 0.6 is 24.0 Å². The Morgan fingerprint density at radius 1 is 1.45 bits per heavy atom. The van der Waals surface area contributed by atoms with Crippen molar-refractivity contribution >= 4 is 29.9 Å². The number of aliphatic imine (C=N–C) groups is 1. The topological polar surface area (TPSA) is 46.1 Å². The van der Waals surface area contributed by atoms with Gasteiger partial charge < -0.3 is 19.7 Å². The number of nitrogens with zero attached hydrogens (tertiary/aromatic N) is 2. The molecule has 0 aromatic heterocycles. The average molecular weight is 399 g/mol. The van der Waals surface area contributed by atoms with Crippen molar-refractivity contribution < 1.29 is 9.47 Å². The van der Waals surface area contributed by atoms with Crippen LogP contribution in [0.4, 0.5) is 0 Å². The molecule has 0 radical (unpaired) electrons. The van der Waals surface area contributed by atoms with Crippen molar-refractivity contribution in [2.24, 2.45) is 10.9 Å². The van der Waals surface area contributed by atoms with Crippen molar-refractivity contribution in [3.8, 4) is 0 Å². The monoisotopic (exact) mass is 399 g/mol. The highest BCUT2D eigenvalue weighted by Gasteiger charge is 2.18. The number of hydrogen-bond acceptors (Lipinski definition) is 3. The van der Waals surface area contributed by atoms with Gasteiger partial charge in [-0.3, -0.25) is 4.99 Å². The molecule has 0 bridgehead atoms. The fourth-order valence-electron chi connectivity index (χ4n) is 2.17. The van der Waals surface area contributed by atoms with Crippen LogP contribution in [0, 0.1) is 5.92 Å². The Kier molecular flexibility index (Phi) is 12.6. The first-order chi connectivity index (χ1) is 9.27. The van der Waals surface area contributed by atoms with Gasteiger partial charge in [0.2, 0.25) is 0 Å². The highest BCUT2D eigenvalue weighted by molar-refractivity contribution is 14.0. The number of ether oxygens (including phenoxy) is 2. The molecule has 6 heteroatoms. The molecule has 1 unspecified atom stereocenters. The molecule has 1 saturated heterocycles. The molecule has 5 nitrogen and oxygen atoms in total. The highest BCUT2D eigenvalue weighted by Crippen LogP contribution is 2.13. The zero-order valence-corrected chi connectivity index (χ0v) is 15.4. The molecule has 1 aliphatic rings. The smallest absolute Gasteiger partial charge is 0.193 e. The fourth-order valence-corrected chi connectivity index (χ4v) is 2.17. The van der Waals surface area contributed by atoms with Crippen molar-refractivity contribution in [3.05, 3.63) is 0 Å². The Labute approximate surface area is 140 Å². The molecular weight excluding hydrogens is 369 g/mol. The first-order valence-electron chi connectivity index (χ1n) is 7.35. The van der Waals surface area contributed by atoms with E-state index in [0.29, 0.717) is 5.92 Å². The second kappa shape index (κ2) is 12.6. The van der Waals surface area contributed by atoms with Crippen molar-refractivity contribution in [2.45, 2.75) is 26.2 Å². The summed E-state index contributed by atoms with van der Waals surface area (Å²) in [5.74, 6) is 1.57. The van der Waals surface area contributed by atoms with Crippen LogP contribution in [0.1, 0.15) is 26.2 Å². The van der Waals surface area contributed by atoms with Gasteiger partial charge in [-0.2, -0.15) is 0 Å². The Bertz CT molecular complexity index is 259. The van der Waals surface area contributed by atoms with E-state index in [1.165, 1.54) is 6.42 Å². The number of hydrogen-bond donors (Lipinski definition) is 1. The third-order valence-corrected chi connectivity index (χ3v) is 3.30. The lowest BCUT2D eigenvalue weighted by molar-refractivity contribution is 0.135. The minimum absolute atomic E-state index is 0. The zero-order valence-electron chi connectivity index (χ0n) is 13.1. The molecule has 1 aliphatic heterocycles. The van der Waals surface area contributed by atoms with Crippen LogP contribution in [-0.2, 0) is 9.47 Å². The summed E-state index contributed by atoms with van der Waals surface area (Å²) in [5.41, 5.74) is 0. The molecule has 0 aromatic rings. The molecular formula is C14H30IN3O2. The van der Waals surface area contributed by atoms with Gasteiger partial charge in [-0.05, 0) is 12.8 Å². The second-order valence-corrected chi connectivity index (χ2v) is 5.05. The largest absolute Gasteiger partial charge is 0.381 e. The summed E-state index contributed by atoms with van der Waals surface area (Å²) in [4.78, 5) is 6.47. The van der Waals surface area contributed by atoms with E-state index in [4.69, 9.17) is 9.47 Å². The SMILES string of the molecule is CCCCOCCNC(=NC)N(C)CC1CCOC1.I. The molecule has 0 saturated carbocycles. The minimum atomic E-state index is 0. The normalized spacial score (nSPS) is 18.8. The summed E-state index contributed by atoms with van der Waals surface area (Å²) in [6.45, 7) is 7.34. The number of unbranched alkanes of at least 4 members (excludes halogenated alkanes) is 1. The maximum absolute atomic E-state index is 5.53. The molecule has 0 aromatic carbocycles. The number of rotatable bonds is 8. The second-order valence-electron chi connectivity index (χ2n) is 5.05. The van der Waals surface area contributed by atoms with Gasteiger partial charge in [0.15, 0.2) is 5.96 Å². The van der Waals surface area contributed by atoms with Gasteiger partial charge in [0.1, 0.15) is 0 Å². The molecule has 1 N–H and O–H groups in total. The van der Waals surface area contributed by atoms with Gasteiger partial charge in [0.05, 0.1) is 13.2 Å². The zero-order chi connectivity index (χ0) is 13.9. The van der Waals surface area contributed by atoms with E-state index in [0.717, 1.165) is 58.3 Å². The third-order valence-electron chi connectivity index (χ3n) is 3.30. The van der Waals surface area contributed by atoms with E-state index in [1.54, 1.807) is 0 Å². The lowest BCUT2D eigenvalue weighted by Gasteiger charge is -2.24. The summed E-state index contributed by atoms with van der Waals surface area (Å²) in [6, 6.07) is 0. The van der Waals surface area contributed by atoms with Gasteiger partial charge in [-0.15, -0.1) is 24.0 Å². The molecule has 20 heavy (non-hydrogen) atoms. The van der Waals surface area contributed by atoms with Crippen LogP contribution in [-0.4, -0.2) is 64.5 Å². The van der Waals surface area contributed by atoms with E-state index in [2.05, 4.69) is 29.2 Å². The van der Waals surface area contributed by atoms with Crippen molar-refractivity contribution in [1.82, 2.24) is 10.2 Å². The predicted octanol–water partition coefficient (Wildman–Crippen LogP) is 1.96. The summed E-state index contributed by atoms with van der Waals surface area (Å²) in [6.07, 6.45) is 3.47. The average Bonchev–Trinajstić information content (AvgIpc) is 2.90. The Morgan fingerprint density at radius 2 is 2.25 bits per heavy atom. The molecule has 120 valence electrons. The van der Waals surface area contributed by atoms with Gasteiger partial charge in [-0.1, -0.05) is 13.3 Å². The van der Waals surface area contributed by atoms with Gasteiger partial charge in [0.25, 0.3) is 0 Å². The first kappa shape index (κ1) is 19.9. The molecule has 1 atom stereocenters. The molecule has 1 rings (SSSR count). The summed E-state index contributed by atoms with van der Waals surface area (Å²) in [7, 11) is 3.90. The van der Waals surface area contributed by atoms with Gasteiger partial charge in [0, 0.05) is 46.3 Å². The van der Waals surface area contributed by atoms with Crippen LogP contribution in [0.2, 0.25) is 0 Å². The maximum Gasteiger partial charge on any atom is 0.193 e. The van der Waals surface area contributed by atoms with Gasteiger partial charge >= 0.3 is 0 Å². The third kappa shape index (κ3) is 8.26. The van der Waals surface area contributed by atoms with Crippen LogP contribution < -0.4 is 5.32 Å². The minimum Gasteiger partial charge on any atom is -0.381 e. The highest BCUT2D eigenvalue weighted by atomic mass is 127. The molecule has 0 amide bonds. The van der Waals surface area contributed by atoms with E-state index < -0.39 is 0 Å². The van der Waals surface area contributed by atoms with E-state index in [9.17, 15) is 0 Å². The Hall–Kier alpha value is -0.0800. The van der Waals surface area contributed by atoms with Crippen molar-refractivity contribution in [2.75, 3.05) is 53.6 Å². The van der Waals surface area contributed by atoms with Crippen molar-refractivity contribution in [1.29, 1.82) is 0 Å². The summed E-state index contributed by atoms with van der Waals surface area (Å²) >= 11 is 0. The Morgan fingerprint density at radius 3 is 2.85 bits per heavy atom. The Balaban J connectivity index is 0.00000361. The van der Waals surface area contributed by atoms with E-state index in [1.807, 2.05) is 7.05 Å². The van der Waals surface area contributed by atoms with E-state index >= 15 is 0 Å². The van der Waals surface area contributed by atoms with Crippen molar-refractivity contribution in [3.63, 3.8) is 0 Å². The number of nitrogens with one attached hydrogen (secondary N) is 1. The fraction of sp³-hybridized carbons (Fsp3) is 0.929. The lowest BCUT2D eigenvalue weighted by Crippen LogP contribution is -2.42. The molecule has 0 aliphatic carbocycles. The maximum atomic E-state index is 5.53. The van der Waals surface area contributed by atoms with E-state index in [-0.39, 0.29) is 24.0 Å². The standard InChI is InChI=1S/C14H29N3O2.HI/c1-4-5-8-18-10-7-16-14(15-2)17(3)11-13-6-9-19-12-13;/h13H,4-12H2,1-3H3,(H,15,16);1H. The van der Waals surface area contributed by atoms with Crippen LogP contribution in [0.15, 0.2) is 4.99 Å². The first-order valence-corrected chi connectivity index (χ1v) is 7.35. The summed E-state index contributed by atoms with van der Waals surface area (Å²) in [5, 5.41) is 3.33. The molecule has 0 spiro atoms. The molecule has 1 heterocycles. The van der Waals surface area contributed by atoms with Crippen LogP contribution in [0.3, 0.4) is 0 Å². The number of guanidine groups is 1. The molecule has 1 fully saturated rings.